The Hall–Kier alpha value is -3.19. The number of nitrogens with one attached hydrogen (secondary N) is 1. The molecule has 0 radical (unpaired) electrons. The average Bonchev–Trinajstić information content (AvgIpc) is 3.12. The summed E-state index contributed by atoms with van der Waals surface area (Å²) in [4.78, 5) is 13.3. The van der Waals surface area contributed by atoms with E-state index in [4.69, 9.17) is 14.0 Å². The molecule has 0 bridgehead atoms. The van der Waals surface area contributed by atoms with Crippen LogP contribution in [0.4, 0.5) is 0 Å². The van der Waals surface area contributed by atoms with Gasteiger partial charge in [0.15, 0.2) is 11.5 Å². The van der Waals surface area contributed by atoms with Crippen LogP contribution in [0.2, 0.25) is 0 Å². The predicted octanol–water partition coefficient (Wildman–Crippen LogP) is 4.80. The standard InChI is InChI=1S/C24H26N2O4S/c1-17-21(18(2)30-26-17)16-29-22-11-9-19(15-23(22)28-3)10-12-24(27)25-13-14-31-20-7-5-4-6-8-20/h4-12,15H,13-14,16H2,1-3H3,(H,25,27)/b12-10+. The van der Waals surface area contributed by atoms with Gasteiger partial charge >= 0.3 is 0 Å². The van der Waals surface area contributed by atoms with Crippen LogP contribution in [0.3, 0.4) is 0 Å². The summed E-state index contributed by atoms with van der Waals surface area (Å²) in [7, 11) is 1.59. The predicted molar refractivity (Wildman–Crippen MR) is 123 cm³/mol. The van der Waals surface area contributed by atoms with Crippen LogP contribution in [0.25, 0.3) is 6.08 Å². The first-order valence-electron chi connectivity index (χ1n) is 9.93. The summed E-state index contributed by atoms with van der Waals surface area (Å²) in [6.45, 7) is 4.68. The number of thioether (sulfide) groups is 1. The highest BCUT2D eigenvalue weighted by Crippen LogP contribution is 2.30. The van der Waals surface area contributed by atoms with Crippen molar-refractivity contribution in [1.82, 2.24) is 10.5 Å². The van der Waals surface area contributed by atoms with E-state index in [9.17, 15) is 4.79 Å². The number of hydrogen-bond acceptors (Lipinski definition) is 6. The normalized spacial score (nSPS) is 10.9. The highest BCUT2D eigenvalue weighted by molar-refractivity contribution is 7.99. The second kappa shape index (κ2) is 11.3. The van der Waals surface area contributed by atoms with Crippen LogP contribution in [0.15, 0.2) is 64.0 Å². The van der Waals surface area contributed by atoms with Crippen molar-refractivity contribution in [3.63, 3.8) is 0 Å². The van der Waals surface area contributed by atoms with Gasteiger partial charge in [-0.3, -0.25) is 4.79 Å². The minimum Gasteiger partial charge on any atom is -0.493 e. The molecule has 0 saturated heterocycles. The molecule has 2 aromatic carbocycles. The molecule has 1 aromatic heterocycles. The maximum absolute atomic E-state index is 12.1. The van der Waals surface area contributed by atoms with Crippen molar-refractivity contribution in [3.8, 4) is 11.5 Å². The molecule has 1 N–H and O–H groups in total. The Labute approximate surface area is 186 Å². The average molecular weight is 439 g/mol. The number of nitrogens with zero attached hydrogens (tertiary/aromatic N) is 1. The topological polar surface area (TPSA) is 73.6 Å². The number of carbonyl (C=O) groups excluding carboxylic acids is 1. The maximum atomic E-state index is 12.1. The lowest BCUT2D eigenvalue weighted by Crippen LogP contribution is -2.23. The summed E-state index contributed by atoms with van der Waals surface area (Å²) in [5, 5.41) is 6.83. The third kappa shape index (κ3) is 6.65. The highest BCUT2D eigenvalue weighted by Gasteiger charge is 2.12. The molecule has 0 aliphatic carbocycles. The highest BCUT2D eigenvalue weighted by atomic mass is 32.2. The molecule has 162 valence electrons. The number of aryl methyl sites for hydroxylation is 2. The van der Waals surface area contributed by atoms with Gasteiger partial charge in [0.05, 0.1) is 18.4 Å². The lowest BCUT2D eigenvalue weighted by Gasteiger charge is -2.11. The minimum absolute atomic E-state index is 0.133. The fourth-order valence-corrected chi connectivity index (χ4v) is 3.65. The smallest absolute Gasteiger partial charge is 0.244 e. The summed E-state index contributed by atoms with van der Waals surface area (Å²) >= 11 is 1.71. The van der Waals surface area contributed by atoms with Gasteiger partial charge in [0.2, 0.25) is 5.91 Å². The summed E-state index contributed by atoms with van der Waals surface area (Å²) < 4.78 is 16.5. The van der Waals surface area contributed by atoms with E-state index in [0.717, 1.165) is 28.3 Å². The Morgan fingerprint density at radius 1 is 1.16 bits per heavy atom. The Balaban J connectivity index is 1.50. The number of methoxy groups -OCH3 is 1. The van der Waals surface area contributed by atoms with E-state index >= 15 is 0 Å². The summed E-state index contributed by atoms with van der Waals surface area (Å²) in [5.74, 6) is 2.63. The fourth-order valence-electron chi connectivity index (χ4n) is 2.86. The Kier molecular flexibility index (Phi) is 8.18. The van der Waals surface area contributed by atoms with Gasteiger partial charge in [-0.25, -0.2) is 0 Å². The minimum atomic E-state index is -0.133. The molecular formula is C24H26N2O4S. The van der Waals surface area contributed by atoms with Crippen molar-refractivity contribution in [1.29, 1.82) is 0 Å². The van der Waals surface area contributed by atoms with E-state index in [1.165, 1.54) is 11.0 Å². The van der Waals surface area contributed by atoms with Crippen molar-refractivity contribution in [2.45, 2.75) is 25.3 Å². The molecule has 0 saturated carbocycles. The van der Waals surface area contributed by atoms with Crippen molar-refractivity contribution < 1.29 is 18.8 Å². The molecule has 0 spiro atoms. The molecule has 0 aliphatic rings. The van der Waals surface area contributed by atoms with Crippen molar-refractivity contribution >= 4 is 23.7 Å². The van der Waals surface area contributed by atoms with Gasteiger partial charge in [0, 0.05) is 23.3 Å². The molecule has 3 rings (SSSR count). The molecule has 1 amide bonds. The largest absolute Gasteiger partial charge is 0.493 e. The monoisotopic (exact) mass is 438 g/mol. The van der Waals surface area contributed by atoms with E-state index < -0.39 is 0 Å². The van der Waals surface area contributed by atoms with Crippen LogP contribution in [0, 0.1) is 13.8 Å². The van der Waals surface area contributed by atoms with Crippen LogP contribution in [0.1, 0.15) is 22.6 Å². The second-order valence-corrected chi connectivity index (χ2v) is 7.96. The summed E-state index contributed by atoms with van der Waals surface area (Å²) in [5.41, 5.74) is 2.58. The van der Waals surface area contributed by atoms with Gasteiger partial charge in [-0.15, -0.1) is 11.8 Å². The molecule has 7 heteroatoms. The SMILES string of the molecule is COc1cc(/C=C/C(=O)NCCSc2ccccc2)ccc1OCc1c(C)noc1C. The van der Waals surface area contributed by atoms with Gasteiger partial charge < -0.3 is 19.3 Å². The zero-order valence-corrected chi connectivity index (χ0v) is 18.7. The number of benzene rings is 2. The van der Waals surface area contributed by atoms with E-state index in [-0.39, 0.29) is 5.91 Å². The molecule has 31 heavy (non-hydrogen) atoms. The van der Waals surface area contributed by atoms with Crippen LogP contribution < -0.4 is 14.8 Å². The quantitative estimate of drug-likeness (QED) is 0.278. The zero-order valence-electron chi connectivity index (χ0n) is 17.9. The number of hydrogen-bond donors (Lipinski definition) is 1. The first kappa shape index (κ1) is 22.5. The van der Waals surface area contributed by atoms with Crippen LogP contribution >= 0.6 is 11.8 Å². The van der Waals surface area contributed by atoms with Crippen LogP contribution in [0.5, 0.6) is 11.5 Å². The lowest BCUT2D eigenvalue weighted by atomic mass is 10.2. The fraction of sp³-hybridized carbons (Fsp3) is 0.250. The van der Waals surface area contributed by atoms with Gasteiger partial charge in [0.1, 0.15) is 12.4 Å². The molecule has 0 fully saturated rings. The Morgan fingerprint density at radius 2 is 1.97 bits per heavy atom. The number of carbonyl (C=O) groups is 1. The van der Waals surface area contributed by atoms with E-state index in [2.05, 4.69) is 22.6 Å². The van der Waals surface area contributed by atoms with Crippen molar-refractivity contribution in [2.24, 2.45) is 0 Å². The third-order valence-electron chi connectivity index (χ3n) is 4.58. The second-order valence-electron chi connectivity index (χ2n) is 6.79. The number of amides is 1. The third-order valence-corrected chi connectivity index (χ3v) is 5.60. The molecular weight excluding hydrogens is 412 g/mol. The Morgan fingerprint density at radius 3 is 2.68 bits per heavy atom. The van der Waals surface area contributed by atoms with E-state index in [1.54, 1.807) is 24.9 Å². The van der Waals surface area contributed by atoms with Gasteiger partial charge in [0.25, 0.3) is 0 Å². The van der Waals surface area contributed by atoms with E-state index in [1.807, 2.05) is 50.2 Å². The maximum Gasteiger partial charge on any atom is 0.244 e. The Bertz CT molecular complexity index is 1010. The van der Waals surface area contributed by atoms with E-state index in [0.29, 0.717) is 24.7 Å². The lowest BCUT2D eigenvalue weighted by molar-refractivity contribution is -0.116. The van der Waals surface area contributed by atoms with Crippen LogP contribution in [-0.2, 0) is 11.4 Å². The summed E-state index contributed by atoms with van der Waals surface area (Å²) in [6, 6.07) is 15.6. The number of aromatic nitrogens is 1. The van der Waals surface area contributed by atoms with Crippen LogP contribution in [-0.4, -0.2) is 30.5 Å². The molecule has 0 aliphatic heterocycles. The molecule has 6 nitrogen and oxygen atoms in total. The van der Waals surface area contributed by atoms with Gasteiger partial charge in [-0.1, -0.05) is 29.4 Å². The summed E-state index contributed by atoms with van der Waals surface area (Å²) in [6.07, 6.45) is 3.27. The number of rotatable bonds is 10. The molecule has 3 aromatic rings. The van der Waals surface area contributed by atoms with Crippen molar-refractivity contribution in [2.75, 3.05) is 19.4 Å². The molecule has 1 heterocycles. The first-order chi connectivity index (χ1) is 15.1. The van der Waals surface area contributed by atoms with Gasteiger partial charge in [-0.05, 0) is 49.8 Å². The zero-order chi connectivity index (χ0) is 22.1. The number of ether oxygens (including phenoxy) is 2. The first-order valence-corrected chi connectivity index (χ1v) is 10.9. The van der Waals surface area contributed by atoms with Gasteiger partial charge in [-0.2, -0.15) is 0 Å². The van der Waals surface area contributed by atoms with Crippen molar-refractivity contribution in [3.05, 3.63) is 77.2 Å². The molecule has 0 unspecified atom stereocenters. The molecule has 0 atom stereocenters.